The van der Waals surface area contributed by atoms with Gasteiger partial charge in [-0.25, -0.2) is 4.79 Å². The van der Waals surface area contributed by atoms with Crippen LogP contribution in [0.25, 0.3) is 0 Å². The Balaban J connectivity index is 2.45. The molecule has 0 amide bonds. The van der Waals surface area contributed by atoms with Crippen LogP contribution in [0, 0.1) is 0 Å². The second-order valence-corrected chi connectivity index (χ2v) is 5.45. The first-order valence-electron chi connectivity index (χ1n) is 7.54. The Morgan fingerprint density at radius 3 is 2.04 bits per heavy atom. The monoisotopic (exact) mass is 324 g/mol. The van der Waals surface area contributed by atoms with Crippen LogP contribution < -0.4 is 0 Å². The zero-order chi connectivity index (χ0) is 17.6. The molecule has 0 N–H and O–H groups in total. The molecule has 1 unspecified atom stereocenters. The highest BCUT2D eigenvalue weighted by Gasteiger charge is 2.42. The molecule has 4 heteroatoms. The van der Waals surface area contributed by atoms with E-state index in [0.29, 0.717) is 11.1 Å². The molecule has 0 fully saturated rings. The smallest absolute Gasteiger partial charge is 0.333 e. The minimum absolute atomic E-state index is 0.229. The first-order valence-corrected chi connectivity index (χ1v) is 7.54. The lowest BCUT2D eigenvalue weighted by Crippen LogP contribution is -2.43. The van der Waals surface area contributed by atoms with Crippen molar-refractivity contribution in [3.63, 3.8) is 0 Å². The van der Waals surface area contributed by atoms with Crippen LogP contribution in [0.1, 0.15) is 22.8 Å². The van der Waals surface area contributed by atoms with Gasteiger partial charge in [0.1, 0.15) is 6.61 Å². The summed E-state index contributed by atoms with van der Waals surface area (Å²) in [6, 6.07) is 17.8. The highest BCUT2D eigenvalue weighted by molar-refractivity contribution is 6.03. The molecule has 4 nitrogen and oxygen atoms in total. The van der Waals surface area contributed by atoms with Crippen molar-refractivity contribution >= 4 is 11.8 Å². The van der Waals surface area contributed by atoms with Crippen molar-refractivity contribution in [3.05, 3.63) is 83.9 Å². The number of hydrogen-bond acceptors (Lipinski definition) is 4. The Kier molecular flexibility index (Phi) is 5.66. The van der Waals surface area contributed by atoms with Crippen LogP contribution in [0.4, 0.5) is 0 Å². The molecule has 0 bridgehead atoms. The largest absolute Gasteiger partial charge is 0.458 e. The van der Waals surface area contributed by atoms with Crippen molar-refractivity contribution in [1.29, 1.82) is 0 Å². The van der Waals surface area contributed by atoms with Crippen molar-refractivity contribution in [1.82, 2.24) is 0 Å². The third kappa shape index (κ3) is 3.60. The normalized spacial score (nSPS) is 12.9. The fraction of sp³-hybridized carbons (Fsp3) is 0.200. The first-order chi connectivity index (χ1) is 11.5. The summed E-state index contributed by atoms with van der Waals surface area (Å²) in [4.78, 5) is 24.9. The van der Waals surface area contributed by atoms with Gasteiger partial charge in [0, 0.05) is 18.2 Å². The molecular formula is C20H20O4. The third-order valence-corrected chi connectivity index (χ3v) is 3.75. The topological polar surface area (TPSA) is 52.6 Å². The lowest BCUT2D eigenvalue weighted by atomic mass is 9.86. The average molecular weight is 324 g/mol. The van der Waals surface area contributed by atoms with E-state index in [1.807, 2.05) is 24.3 Å². The van der Waals surface area contributed by atoms with Crippen LogP contribution in [0.5, 0.6) is 0 Å². The van der Waals surface area contributed by atoms with E-state index in [-0.39, 0.29) is 18.0 Å². The number of rotatable bonds is 7. The average Bonchev–Trinajstić information content (AvgIpc) is 2.63. The van der Waals surface area contributed by atoms with E-state index in [1.165, 1.54) is 7.11 Å². The molecule has 0 radical (unpaired) electrons. The van der Waals surface area contributed by atoms with Crippen LogP contribution >= 0.6 is 0 Å². The van der Waals surface area contributed by atoms with E-state index in [2.05, 4.69) is 6.58 Å². The molecule has 0 aliphatic rings. The zero-order valence-corrected chi connectivity index (χ0v) is 13.8. The summed E-state index contributed by atoms with van der Waals surface area (Å²) in [6.45, 7) is 4.88. The second-order valence-electron chi connectivity index (χ2n) is 5.45. The fourth-order valence-corrected chi connectivity index (χ4v) is 2.37. The van der Waals surface area contributed by atoms with Crippen molar-refractivity contribution in [2.45, 2.75) is 12.5 Å². The molecule has 24 heavy (non-hydrogen) atoms. The summed E-state index contributed by atoms with van der Waals surface area (Å²) in [5, 5.41) is 0. The molecule has 0 saturated heterocycles. The number of ketones is 1. The van der Waals surface area contributed by atoms with Gasteiger partial charge in [-0.2, -0.15) is 0 Å². The Bertz CT molecular complexity index is 722. The summed E-state index contributed by atoms with van der Waals surface area (Å²) >= 11 is 0. The van der Waals surface area contributed by atoms with Gasteiger partial charge >= 0.3 is 5.97 Å². The molecule has 0 spiro atoms. The van der Waals surface area contributed by atoms with Crippen molar-refractivity contribution < 1.29 is 19.1 Å². The SMILES string of the molecule is C=C(C)C(=O)OCC(OC)(C(=O)c1ccccc1)c1ccccc1. The highest BCUT2D eigenvalue weighted by Crippen LogP contribution is 2.30. The minimum Gasteiger partial charge on any atom is -0.458 e. The van der Waals surface area contributed by atoms with Crippen molar-refractivity contribution in [2.24, 2.45) is 0 Å². The van der Waals surface area contributed by atoms with E-state index in [9.17, 15) is 9.59 Å². The van der Waals surface area contributed by atoms with E-state index in [4.69, 9.17) is 9.47 Å². The third-order valence-electron chi connectivity index (χ3n) is 3.75. The molecule has 0 aliphatic heterocycles. The number of ether oxygens (including phenoxy) is 2. The zero-order valence-electron chi connectivity index (χ0n) is 13.8. The van der Waals surface area contributed by atoms with Crippen molar-refractivity contribution in [2.75, 3.05) is 13.7 Å². The summed E-state index contributed by atoms with van der Waals surface area (Å²) in [5.41, 5.74) is -0.0426. The molecule has 0 aliphatic carbocycles. The van der Waals surface area contributed by atoms with Crippen LogP contribution in [0.15, 0.2) is 72.8 Å². The van der Waals surface area contributed by atoms with Gasteiger partial charge in [0.05, 0.1) is 0 Å². The summed E-state index contributed by atoms with van der Waals surface area (Å²) < 4.78 is 10.9. The number of Topliss-reactive ketones (excluding diaryl/α,β-unsaturated/α-hetero) is 1. The first kappa shape index (κ1) is 17.6. The van der Waals surface area contributed by atoms with Gasteiger partial charge in [0.15, 0.2) is 5.60 Å². The molecule has 0 aromatic heterocycles. The predicted molar refractivity (Wildman–Crippen MR) is 91.7 cm³/mol. The number of esters is 1. The van der Waals surface area contributed by atoms with E-state index >= 15 is 0 Å². The maximum Gasteiger partial charge on any atom is 0.333 e. The van der Waals surface area contributed by atoms with E-state index < -0.39 is 11.6 Å². The Morgan fingerprint density at radius 1 is 1.00 bits per heavy atom. The highest BCUT2D eigenvalue weighted by atomic mass is 16.6. The van der Waals surface area contributed by atoms with Crippen LogP contribution in [-0.4, -0.2) is 25.5 Å². The number of methoxy groups -OCH3 is 1. The second kappa shape index (κ2) is 7.70. The van der Waals surface area contributed by atoms with E-state index in [0.717, 1.165) is 0 Å². The van der Waals surface area contributed by atoms with Gasteiger partial charge in [-0.15, -0.1) is 0 Å². The lowest BCUT2D eigenvalue weighted by molar-refractivity contribution is -0.146. The van der Waals surface area contributed by atoms with Gasteiger partial charge in [0.2, 0.25) is 5.78 Å². The summed E-state index contributed by atoms with van der Waals surface area (Å²) in [5.74, 6) is -0.834. The van der Waals surface area contributed by atoms with Crippen LogP contribution in [-0.2, 0) is 19.9 Å². The maximum atomic E-state index is 13.1. The molecule has 0 heterocycles. The van der Waals surface area contributed by atoms with Gasteiger partial charge in [0.25, 0.3) is 0 Å². The fourth-order valence-electron chi connectivity index (χ4n) is 2.37. The Labute approximate surface area is 141 Å². The van der Waals surface area contributed by atoms with E-state index in [1.54, 1.807) is 43.3 Å². The summed E-state index contributed by atoms with van der Waals surface area (Å²) in [7, 11) is 1.43. The van der Waals surface area contributed by atoms with Crippen molar-refractivity contribution in [3.8, 4) is 0 Å². The summed E-state index contributed by atoms with van der Waals surface area (Å²) in [6.07, 6.45) is 0. The molecule has 1 atom stereocenters. The minimum atomic E-state index is -1.41. The van der Waals surface area contributed by atoms with Gasteiger partial charge < -0.3 is 9.47 Å². The lowest BCUT2D eigenvalue weighted by Gasteiger charge is -2.31. The Morgan fingerprint density at radius 2 is 1.54 bits per heavy atom. The van der Waals surface area contributed by atoms with Gasteiger partial charge in [-0.1, -0.05) is 67.2 Å². The molecule has 2 aromatic rings. The van der Waals surface area contributed by atoms with Gasteiger partial charge in [-0.3, -0.25) is 4.79 Å². The van der Waals surface area contributed by atoms with Crippen LogP contribution in [0.2, 0.25) is 0 Å². The molecule has 0 saturated carbocycles. The molecule has 2 aromatic carbocycles. The van der Waals surface area contributed by atoms with Crippen LogP contribution in [0.3, 0.4) is 0 Å². The Hall–Kier alpha value is -2.72. The molecule has 2 rings (SSSR count). The predicted octanol–water partition coefficient (Wildman–Crippen LogP) is 3.53. The number of carbonyl (C=O) groups excluding carboxylic acids is 2. The number of carbonyl (C=O) groups is 2. The quantitative estimate of drug-likeness (QED) is 0.444. The standard InChI is InChI=1S/C20H20O4/c1-15(2)19(22)24-14-20(23-3,17-12-8-5-9-13-17)18(21)16-10-6-4-7-11-16/h4-13H,1,14H2,2-3H3. The maximum absolute atomic E-state index is 13.1. The number of benzene rings is 2. The molecular weight excluding hydrogens is 304 g/mol. The molecule has 124 valence electrons. The van der Waals surface area contributed by atoms with Gasteiger partial charge in [-0.05, 0) is 12.5 Å². The number of hydrogen-bond donors (Lipinski definition) is 0.